The van der Waals surface area contributed by atoms with Crippen LogP contribution in [0.3, 0.4) is 0 Å². The van der Waals surface area contributed by atoms with Crippen molar-refractivity contribution in [3.63, 3.8) is 0 Å². The van der Waals surface area contributed by atoms with Crippen LogP contribution in [0, 0.1) is 34.6 Å². The molecule has 0 heteroatoms. The average Bonchev–Trinajstić information content (AvgIpc) is 2.40. The summed E-state index contributed by atoms with van der Waals surface area (Å²) in [4.78, 5) is 0. The van der Waals surface area contributed by atoms with Gasteiger partial charge in [0.05, 0.1) is 0 Å². The Balaban J connectivity index is 2.04. The van der Waals surface area contributed by atoms with Crippen LogP contribution in [-0.4, -0.2) is 0 Å². The fourth-order valence-electron chi connectivity index (χ4n) is 3.42. The SMILES string of the molecule is [CH2]C(C)(CCCc1cc(C)cc(C)c1)c1cc(C)ccc1C. The second kappa shape index (κ2) is 6.69. The molecule has 0 saturated heterocycles. The Bertz CT molecular complexity index is 627. The lowest BCUT2D eigenvalue weighted by atomic mass is 9.77. The lowest BCUT2D eigenvalue weighted by molar-refractivity contribution is 0.508. The molecule has 0 fully saturated rings. The van der Waals surface area contributed by atoms with E-state index in [1.165, 1.54) is 39.8 Å². The average molecular weight is 293 g/mol. The molecule has 2 aromatic rings. The van der Waals surface area contributed by atoms with Gasteiger partial charge in [0.2, 0.25) is 0 Å². The van der Waals surface area contributed by atoms with Crippen LogP contribution in [0.25, 0.3) is 0 Å². The zero-order valence-corrected chi connectivity index (χ0v) is 14.8. The first kappa shape index (κ1) is 16.8. The van der Waals surface area contributed by atoms with Crippen molar-refractivity contribution in [2.45, 2.75) is 59.3 Å². The third-order valence-electron chi connectivity index (χ3n) is 4.52. The predicted octanol–water partition coefficient (Wildman–Crippen LogP) is 6.03. The highest BCUT2D eigenvalue weighted by atomic mass is 14.3. The molecule has 0 aliphatic heterocycles. The number of hydrogen-bond donors (Lipinski definition) is 0. The first-order valence-electron chi connectivity index (χ1n) is 8.28. The summed E-state index contributed by atoms with van der Waals surface area (Å²) in [5, 5.41) is 0. The van der Waals surface area contributed by atoms with Crippen molar-refractivity contribution in [3.05, 3.63) is 76.7 Å². The minimum atomic E-state index is -0.00499. The molecule has 2 rings (SSSR count). The van der Waals surface area contributed by atoms with Crippen LogP contribution in [0.2, 0.25) is 0 Å². The van der Waals surface area contributed by atoms with Crippen LogP contribution >= 0.6 is 0 Å². The lowest BCUT2D eigenvalue weighted by Gasteiger charge is -2.27. The molecule has 0 aliphatic rings. The van der Waals surface area contributed by atoms with Gasteiger partial charge in [-0.2, -0.15) is 0 Å². The Kier molecular flexibility index (Phi) is 5.11. The van der Waals surface area contributed by atoms with Gasteiger partial charge in [-0.05, 0) is 76.0 Å². The van der Waals surface area contributed by atoms with Crippen LogP contribution in [0.1, 0.15) is 53.1 Å². The topological polar surface area (TPSA) is 0 Å². The first-order chi connectivity index (χ1) is 10.3. The van der Waals surface area contributed by atoms with Gasteiger partial charge < -0.3 is 0 Å². The van der Waals surface area contributed by atoms with Crippen molar-refractivity contribution < 1.29 is 0 Å². The van der Waals surface area contributed by atoms with Crippen LogP contribution in [0.5, 0.6) is 0 Å². The number of benzene rings is 2. The van der Waals surface area contributed by atoms with E-state index in [9.17, 15) is 0 Å². The van der Waals surface area contributed by atoms with Gasteiger partial charge in [-0.25, -0.2) is 0 Å². The number of rotatable bonds is 5. The van der Waals surface area contributed by atoms with Gasteiger partial charge in [-0.3, -0.25) is 0 Å². The van der Waals surface area contributed by atoms with Crippen molar-refractivity contribution in [3.8, 4) is 0 Å². The minimum absolute atomic E-state index is 0.00499. The highest BCUT2D eigenvalue weighted by Crippen LogP contribution is 2.31. The second-order valence-electron chi connectivity index (χ2n) is 7.23. The van der Waals surface area contributed by atoms with E-state index in [2.05, 4.69) is 77.9 Å². The molecule has 0 bridgehead atoms. The largest absolute Gasteiger partial charge is 0.0590 e. The minimum Gasteiger partial charge on any atom is -0.0590 e. The molecule has 0 aromatic heterocycles. The molecule has 1 unspecified atom stereocenters. The third-order valence-corrected chi connectivity index (χ3v) is 4.52. The van der Waals surface area contributed by atoms with E-state index in [1.807, 2.05) is 0 Å². The summed E-state index contributed by atoms with van der Waals surface area (Å²) >= 11 is 0. The number of aryl methyl sites for hydroxylation is 5. The zero-order valence-electron chi connectivity index (χ0n) is 14.8. The Morgan fingerprint density at radius 3 is 2.14 bits per heavy atom. The monoisotopic (exact) mass is 293 g/mol. The van der Waals surface area contributed by atoms with Gasteiger partial charge in [-0.15, -0.1) is 0 Å². The van der Waals surface area contributed by atoms with E-state index in [1.54, 1.807) is 0 Å². The molecular weight excluding hydrogens is 264 g/mol. The summed E-state index contributed by atoms with van der Waals surface area (Å²) in [5.41, 5.74) is 8.25. The van der Waals surface area contributed by atoms with Gasteiger partial charge >= 0.3 is 0 Å². The lowest BCUT2D eigenvalue weighted by Crippen LogP contribution is -2.19. The maximum absolute atomic E-state index is 4.51. The predicted molar refractivity (Wildman–Crippen MR) is 97.5 cm³/mol. The van der Waals surface area contributed by atoms with Crippen LogP contribution < -0.4 is 0 Å². The van der Waals surface area contributed by atoms with Gasteiger partial charge in [0, 0.05) is 0 Å². The summed E-state index contributed by atoms with van der Waals surface area (Å²) < 4.78 is 0. The summed E-state index contributed by atoms with van der Waals surface area (Å²) in [6.07, 6.45) is 3.43. The van der Waals surface area contributed by atoms with E-state index in [0.717, 1.165) is 12.8 Å². The Labute approximate surface area is 136 Å². The van der Waals surface area contributed by atoms with Crippen molar-refractivity contribution >= 4 is 0 Å². The highest BCUT2D eigenvalue weighted by molar-refractivity contribution is 5.37. The summed E-state index contributed by atoms with van der Waals surface area (Å²) in [6.45, 7) is 15.5. The molecule has 0 N–H and O–H groups in total. The number of hydrogen-bond acceptors (Lipinski definition) is 0. The summed E-state index contributed by atoms with van der Waals surface area (Å²) in [5.74, 6) is 0. The van der Waals surface area contributed by atoms with E-state index in [-0.39, 0.29) is 5.41 Å². The maximum atomic E-state index is 4.51. The van der Waals surface area contributed by atoms with E-state index in [4.69, 9.17) is 0 Å². The van der Waals surface area contributed by atoms with Gasteiger partial charge in [0.1, 0.15) is 0 Å². The van der Waals surface area contributed by atoms with Crippen LogP contribution in [0.4, 0.5) is 0 Å². The van der Waals surface area contributed by atoms with Gasteiger partial charge in [0.25, 0.3) is 0 Å². The first-order valence-corrected chi connectivity index (χ1v) is 8.28. The third kappa shape index (κ3) is 4.22. The van der Waals surface area contributed by atoms with Crippen LogP contribution in [-0.2, 0) is 11.8 Å². The fraction of sp³-hybridized carbons (Fsp3) is 0.409. The molecule has 117 valence electrons. The van der Waals surface area contributed by atoms with E-state index in [0.29, 0.717) is 0 Å². The molecule has 0 amide bonds. The molecule has 22 heavy (non-hydrogen) atoms. The summed E-state index contributed by atoms with van der Waals surface area (Å²) in [6, 6.07) is 13.6. The smallest absolute Gasteiger partial charge is 0.00721 e. The van der Waals surface area contributed by atoms with Crippen molar-refractivity contribution in [2.24, 2.45) is 0 Å². The molecule has 1 atom stereocenters. The highest BCUT2D eigenvalue weighted by Gasteiger charge is 2.22. The molecule has 0 saturated carbocycles. The Morgan fingerprint density at radius 2 is 1.50 bits per heavy atom. The Hall–Kier alpha value is -1.56. The normalized spacial score (nSPS) is 11.7. The molecule has 1 radical (unpaired) electrons. The molecule has 0 nitrogen and oxygen atoms in total. The molecule has 0 aliphatic carbocycles. The van der Waals surface area contributed by atoms with Crippen molar-refractivity contribution in [1.82, 2.24) is 0 Å². The van der Waals surface area contributed by atoms with E-state index >= 15 is 0 Å². The van der Waals surface area contributed by atoms with Gasteiger partial charge in [0.15, 0.2) is 0 Å². The second-order valence-corrected chi connectivity index (χ2v) is 7.23. The molecular formula is C22H29. The van der Waals surface area contributed by atoms with E-state index < -0.39 is 0 Å². The Morgan fingerprint density at radius 1 is 0.864 bits per heavy atom. The summed E-state index contributed by atoms with van der Waals surface area (Å²) in [7, 11) is 0. The van der Waals surface area contributed by atoms with Crippen LogP contribution in [0.15, 0.2) is 36.4 Å². The standard InChI is InChI=1S/C22H29/c1-16-9-10-19(4)21(15-16)22(5,6)11-7-8-20-13-17(2)12-18(3)14-20/h9-10,12-15H,5,7-8,11H2,1-4,6H3. The molecule has 2 aromatic carbocycles. The molecule has 0 spiro atoms. The maximum Gasteiger partial charge on any atom is -0.00721 e. The van der Waals surface area contributed by atoms with Crippen molar-refractivity contribution in [2.75, 3.05) is 0 Å². The quantitative estimate of drug-likeness (QED) is 0.631. The molecule has 0 heterocycles. The fourth-order valence-corrected chi connectivity index (χ4v) is 3.42. The van der Waals surface area contributed by atoms with Crippen molar-refractivity contribution in [1.29, 1.82) is 0 Å². The zero-order chi connectivity index (χ0) is 16.3. The van der Waals surface area contributed by atoms with Gasteiger partial charge in [-0.1, -0.05) is 60.0 Å².